The molecule has 0 fully saturated rings. The summed E-state index contributed by atoms with van der Waals surface area (Å²) < 4.78 is 30.3. The van der Waals surface area contributed by atoms with E-state index in [0.717, 1.165) is 17.4 Å². The van der Waals surface area contributed by atoms with Crippen LogP contribution in [0.3, 0.4) is 0 Å². The zero-order valence-electron chi connectivity index (χ0n) is 17.4. The molecular weight excluding hydrogens is 404 g/mol. The standard InChI is InChI=1S/C21H24N4O4S/c1-5-25(30(4,27)28)18-11-9-16(10-12-18)21(26)24(3)14-19-22-20(23-29-19)17-8-6-7-15(2)13-17/h6-13H,5,14H2,1-4H3. The molecule has 1 heterocycles. The number of carbonyl (C=O) groups excluding carboxylic acids is 1. The average molecular weight is 429 g/mol. The lowest BCUT2D eigenvalue weighted by atomic mass is 10.1. The third-order valence-corrected chi connectivity index (χ3v) is 5.82. The second-order valence-electron chi connectivity index (χ2n) is 7.02. The molecule has 0 aliphatic heterocycles. The van der Waals surface area contributed by atoms with E-state index in [1.54, 1.807) is 38.2 Å². The van der Waals surface area contributed by atoms with E-state index in [0.29, 0.717) is 29.5 Å². The van der Waals surface area contributed by atoms with Gasteiger partial charge in [0.1, 0.15) is 0 Å². The minimum atomic E-state index is -3.37. The van der Waals surface area contributed by atoms with E-state index in [-0.39, 0.29) is 12.5 Å². The lowest BCUT2D eigenvalue weighted by Gasteiger charge is -2.21. The number of sulfonamides is 1. The molecule has 30 heavy (non-hydrogen) atoms. The third-order valence-electron chi connectivity index (χ3n) is 4.55. The van der Waals surface area contributed by atoms with Crippen LogP contribution in [-0.4, -0.2) is 49.2 Å². The van der Waals surface area contributed by atoms with Gasteiger partial charge in [-0.3, -0.25) is 9.10 Å². The van der Waals surface area contributed by atoms with Crippen molar-refractivity contribution in [2.75, 3.05) is 24.2 Å². The number of rotatable bonds is 7. The van der Waals surface area contributed by atoms with Crippen molar-refractivity contribution in [1.82, 2.24) is 15.0 Å². The monoisotopic (exact) mass is 428 g/mol. The van der Waals surface area contributed by atoms with Gasteiger partial charge >= 0.3 is 0 Å². The Bertz CT molecular complexity index is 1140. The van der Waals surface area contributed by atoms with Crippen molar-refractivity contribution in [3.8, 4) is 11.4 Å². The van der Waals surface area contributed by atoms with E-state index in [2.05, 4.69) is 10.1 Å². The fourth-order valence-corrected chi connectivity index (χ4v) is 4.07. The fraction of sp³-hybridized carbons (Fsp3) is 0.286. The average Bonchev–Trinajstić information content (AvgIpc) is 3.16. The maximum Gasteiger partial charge on any atom is 0.254 e. The molecule has 0 bridgehead atoms. The minimum Gasteiger partial charge on any atom is -0.337 e. The highest BCUT2D eigenvalue weighted by Gasteiger charge is 2.18. The second kappa shape index (κ2) is 8.66. The van der Waals surface area contributed by atoms with Crippen LogP contribution in [0.25, 0.3) is 11.4 Å². The zero-order chi connectivity index (χ0) is 21.9. The van der Waals surface area contributed by atoms with Gasteiger partial charge in [0.2, 0.25) is 21.7 Å². The maximum absolute atomic E-state index is 12.7. The SMILES string of the molecule is CCN(c1ccc(C(=O)N(C)Cc2nc(-c3cccc(C)c3)no2)cc1)S(C)(=O)=O. The predicted molar refractivity (Wildman–Crippen MR) is 115 cm³/mol. The molecule has 9 heteroatoms. The number of nitrogens with zero attached hydrogens (tertiary/aromatic N) is 4. The van der Waals surface area contributed by atoms with Crippen molar-refractivity contribution < 1.29 is 17.7 Å². The molecule has 0 aliphatic rings. The van der Waals surface area contributed by atoms with Crippen molar-refractivity contribution in [1.29, 1.82) is 0 Å². The molecule has 0 aliphatic carbocycles. The van der Waals surface area contributed by atoms with Crippen LogP contribution in [-0.2, 0) is 16.6 Å². The van der Waals surface area contributed by atoms with E-state index in [1.165, 1.54) is 9.21 Å². The first kappa shape index (κ1) is 21.5. The number of benzene rings is 2. The summed E-state index contributed by atoms with van der Waals surface area (Å²) in [6, 6.07) is 14.2. The van der Waals surface area contributed by atoms with E-state index in [1.807, 2.05) is 31.2 Å². The van der Waals surface area contributed by atoms with E-state index >= 15 is 0 Å². The van der Waals surface area contributed by atoms with Crippen LogP contribution in [0.5, 0.6) is 0 Å². The maximum atomic E-state index is 12.7. The van der Waals surface area contributed by atoms with Gasteiger partial charge in [-0.05, 0) is 44.2 Å². The van der Waals surface area contributed by atoms with Crippen molar-refractivity contribution in [3.63, 3.8) is 0 Å². The van der Waals surface area contributed by atoms with Crippen molar-refractivity contribution in [2.45, 2.75) is 20.4 Å². The van der Waals surface area contributed by atoms with Crippen molar-refractivity contribution in [2.24, 2.45) is 0 Å². The van der Waals surface area contributed by atoms with Crippen LogP contribution < -0.4 is 4.31 Å². The molecule has 158 valence electrons. The summed E-state index contributed by atoms with van der Waals surface area (Å²) in [4.78, 5) is 18.6. The molecule has 1 amide bonds. The normalized spacial score (nSPS) is 11.3. The van der Waals surface area contributed by atoms with Gasteiger partial charge in [-0.25, -0.2) is 8.42 Å². The molecule has 0 atom stereocenters. The van der Waals surface area contributed by atoms with Crippen molar-refractivity contribution in [3.05, 3.63) is 65.5 Å². The minimum absolute atomic E-state index is 0.157. The fourth-order valence-electron chi connectivity index (χ4n) is 3.09. The number of anilines is 1. The number of hydrogen-bond acceptors (Lipinski definition) is 6. The topological polar surface area (TPSA) is 96.6 Å². The number of carbonyl (C=O) groups is 1. The Balaban J connectivity index is 1.70. The Morgan fingerprint density at radius 1 is 1.13 bits per heavy atom. The van der Waals surface area contributed by atoms with Crippen LogP contribution >= 0.6 is 0 Å². The Kier molecular flexibility index (Phi) is 6.21. The van der Waals surface area contributed by atoms with Crippen LogP contribution in [0.15, 0.2) is 53.1 Å². The van der Waals surface area contributed by atoms with Gasteiger partial charge in [-0.2, -0.15) is 4.98 Å². The molecule has 0 unspecified atom stereocenters. The molecule has 1 aromatic heterocycles. The summed E-state index contributed by atoms with van der Waals surface area (Å²) in [5, 5.41) is 3.99. The largest absolute Gasteiger partial charge is 0.337 e. The second-order valence-corrected chi connectivity index (χ2v) is 8.92. The van der Waals surface area contributed by atoms with Gasteiger partial charge in [-0.15, -0.1) is 0 Å². The summed E-state index contributed by atoms with van der Waals surface area (Å²) >= 11 is 0. The van der Waals surface area contributed by atoms with Gasteiger partial charge in [0.25, 0.3) is 5.91 Å². The first-order valence-corrected chi connectivity index (χ1v) is 11.3. The van der Waals surface area contributed by atoms with Crippen LogP contribution in [0.4, 0.5) is 5.69 Å². The highest BCUT2D eigenvalue weighted by atomic mass is 32.2. The summed E-state index contributed by atoms with van der Waals surface area (Å²) in [6.07, 6.45) is 1.15. The van der Waals surface area contributed by atoms with E-state index in [4.69, 9.17) is 4.52 Å². The van der Waals surface area contributed by atoms with Crippen LogP contribution in [0, 0.1) is 6.92 Å². The predicted octanol–water partition coefficient (Wildman–Crippen LogP) is 3.10. The van der Waals surface area contributed by atoms with E-state index < -0.39 is 10.0 Å². The number of amides is 1. The molecule has 0 spiro atoms. The summed E-state index contributed by atoms with van der Waals surface area (Å²) in [5.41, 5.74) is 2.89. The summed E-state index contributed by atoms with van der Waals surface area (Å²) in [5.74, 6) is 0.562. The highest BCUT2D eigenvalue weighted by Crippen LogP contribution is 2.20. The molecule has 0 radical (unpaired) electrons. The zero-order valence-corrected chi connectivity index (χ0v) is 18.2. The lowest BCUT2D eigenvalue weighted by Crippen LogP contribution is -2.29. The molecule has 3 aromatic rings. The quantitative estimate of drug-likeness (QED) is 0.574. The van der Waals surface area contributed by atoms with Crippen LogP contribution in [0.1, 0.15) is 28.7 Å². The number of aromatic nitrogens is 2. The van der Waals surface area contributed by atoms with Gasteiger partial charge in [-0.1, -0.05) is 28.9 Å². The molecule has 3 rings (SSSR count). The van der Waals surface area contributed by atoms with Gasteiger partial charge in [0.15, 0.2) is 0 Å². The first-order valence-electron chi connectivity index (χ1n) is 9.42. The van der Waals surface area contributed by atoms with Gasteiger partial charge in [0.05, 0.1) is 18.5 Å². The Morgan fingerprint density at radius 3 is 2.43 bits per heavy atom. The Labute approximate surface area is 176 Å². The lowest BCUT2D eigenvalue weighted by molar-refractivity contribution is 0.0769. The molecular formula is C21H24N4O4S. The first-order chi connectivity index (χ1) is 14.2. The summed E-state index contributed by atoms with van der Waals surface area (Å²) in [7, 11) is -1.73. The Morgan fingerprint density at radius 2 is 1.83 bits per heavy atom. The van der Waals surface area contributed by atoms with E-state index in [9.17, 15) is 13.2 Å². The smallest absolute Gasteiger partial charge is 0.254 e. The van der Waals surface area contributed by atoms with Crippen LogP contribution in [0.2, 0.25) is 0 Å². The Hall–Kier alpha value is -3.20. The van der Waals surface area contributed by atoms with Crippen molar-refractivity contribution >= 4 is 21.6 Å². The van der Waals surface area contributed by atoms with Gasteiger partial charge in [0, 0.05) is 24.7 Å². The molecule has 8 nitrogen and oxygen atoms in total. The van der Waals surface area contributed by atoms with Gasteiger partial charge < -0.3 is 9.42 Å². The molecule has 0 saturated heterocycles. The highest BCUT2D eigenvalue weighted by molar-refractivity contribution is 7.92. The molecule has 0 saturated carbocycles. The molecule has 0 N–H and O–H groups in total. The summed E-state index contributed by atoms with van der Waals surface area (Å²) in [6.45, 7) is 4.21. The molecule has 2 aromatic carbocycles. The number of hydrogen-bond donors (Lipinski definition) is 0. The number of aryl methyl sites for hydroxylation is 1. The third kappa shape index (κ3) is 4.85.